The lowest BCUT2D eigenvalue weighted by Gasteiger charge is -2.09. The number of nitrogens with zero attached hydrogens (tertiary/aromatic N) is 2. The predicted octanol–water partition coefficient (Wildman–Crippen LogP) is 3.62. The molecule has 0 radical (unpaired) electrons. The Kier molecular flexibility index (Phi) is 4.56. The fraction of sp³-hybridized carbons (Fsp3) is 0.308. The van der Waals surface area contributed by atoms with E-state index in [1.807, 2.05) is 6.92 Å². The molecular formula is C13H11F3N2O2S. The van der Waals surface area contributed by atoms with Gasteiger partial charge in [-0.25, -0.2) is 0 Å². The molecule has 2 rings (SSSR count). The number of ketones is 1. The van der Waals surface area contributed by atoms with Gasteiger partial charge < -0.3 is 4.74 Å². The SMILES string of the molecule is CCCc1nnsc1C(=O)c1cccc(OC(F)(F)F)c1. The first-order valence-electron chi connectivity index (χ1n) is 6.12. The second-order valence-electron chi connectivity index (χ2n) is 4.20. The third-order valence-corrected chi connectivity index (χ3v) is 3.35. The molecule has 1 aromatic carbocycles. The van der Waals surface area contributed by atoms with E-state index in [1.165, 1.54) is 12.1 Å². The molecule has 21 heavy (non-hydrogen) atoms. The van der Waals surface area contributed by atoms with Crippen LogP contribution in [0.4, 0.5) is 13.2 Å². The van der Waals surface area contributed by atoms with Crippen LogP contribution < -0.4 is 4.74 Å². The standard InChI is InChI=1S/C13H11F3N2O2S/c1-2-4-10-12(21-18-17-10)11(19)8-5-3-6-9(7-8)20-13(14,15)16/h3,5-7H,2,4H2,1H3. The van der Waals surface area contributed by atoms with E-state index in [4.69, 9.17) is 0 Å². The van der Waals surface area contributed by atoms with E-state index in [9.17, 15) is 18.0 Å². The lowest BCUT2D eigenvalue weighted by atomic mass is 10.1. The fourth-order valence-corrected chi connectivity index (χ4v) is 2.42. The van der Waals surface area contributed by atoms with E-state index in [0.717, 1.165) is 30.1 Å². The third-order valence-electron chi connectivity index (χ3n) is 2.58. The average Bonchev–Trinajstić information content (AvgIpc) is 2.85. The summed E-state index contributed by atoms with van der Waals surface area (Å²) < 4.78 is 44.1. The van der Waals surface area contributed by atoms with Gasteiger partial charge in [-0.1, -0.05) is 30.0 Å². The van der Waals surface area contributed by atoms with Crippen molar-refractivity contribution in [1.82, 2.24) is 9.59 Å². The first-order chi connectivity index (χ1) is 9.90. The molecular weight excluding hydrogens is 305 g/mol. The van der Waals surface area contributed by atoms with Crippen LogP contribution in [0, 0.1) is 0 Å². The molecule has 0 unspecified atom stereocenters. The van der Waals surface area contributed by atoms with Crippen molar-refractivity contribution in [2.45, 2.75) is 26.1 Å². The number of aromatic nitrogens is 2. The van der Waals surface area contributed by atoms with Gasteiger partial charge in [-0.15, -0.1) is 18.3 Å². The Hall–Kier alpha value is -1.96. The highest BCUT2D eigenvalue weighted by molar-refractivity contribution is 7.08. The summed E-state index contributed by atoms with van der Waals surface area (Å²) in [4.78, 5) is 12.7. The van der Waals surface area contributed by atoms with Gasteiger partial charge in [-0.2, -0.15) is 0 Å². The van der Waals surface area contributed by atoms with Crippen molar-refractivity contribution in [2.24, 2.45) is 0 Å². The van der Waals surface area contributed by atoms with Crippen LogP contribution in [-0.4, -0.2) is 21.7 Å². The molecule has 112 valence electrons. The summed E-state index contributed by atoms with van der Waals surface area (Å²) >= 11 is 0.938. The van der Waals surface area contributed by atoms with Crippen molar-refractivity contribution >= 4 is 17.3 Å². The van der Waals surface area contributed by atoms with Crippen LogP contribution >= 0.6 is 11.5 Å². The number of hydrogen-bond donors (Lipinski definition) is 0. The zero-order valence-electron chi connectivity index (χ0n) is 11.0. The molecule has 1 aromatic heterocycles. The summed E-state index contributed by atoms with van der Waals surface area (Å²) in [6.45, 7) is 1.94. The molecule has 0 spiro atoms. The summed E-state index contributed by atoms with van der Waals surface area (Å²) in [5, 5.41) is 3.87. The van der Waals surface area contributed by atoms with Crippen LogP contribution in [0.3, 0.4) is 0 Å². The van der Waals surface area contributed by atoms with Gasteiger partial charge in [0.1, 0.15) is 10.6 Å². The van der Waals surface area contributed by atoms with Crippen molar-refractivity contribution in [2.75, 3.05) is 0 Å². The number of halogens is 3. The lowest BCUT2D eigenvalue weighted by molar-refractivity contribution is -0.274. The molecule has 4 nitrogen and oxygen atoms in total. The Balaban J connectivity index is 2.27. The normalized spacial score (nSPS) is 11.4. The summed E-state index contributed by atoms with van der Waals surface area (Å²) in [5.41, 5.74) is 0.676. The second-order valence-corrected chi connectivity index (χ2v) is 4.96. The maximum Gasteiger partial charge on any atom is 0.573 e. The number of carbonyl (C=O) groups is 1. The summed E-state index contributed by atoms with van der Waals surface area (Å²) in [7, 11) is 0. The molecule has 1 heterocycles. The highest BCUT2D eigenvalue weighted by atomic mass is 32.1. The Labute approximate surface area is 122 Å². The number of aryl methyl sites for hydroxylation is 1. The Morgan fingerprint density at radius 2 is 2.14 bits per heavy atom. The summed E-state index contributed by atoms with van der Waals surface area (Å²) in [5.74, 6) is -0.830. The molecule has 0 amide bonds. The largest absolute Gasteiger partial charge is 0.573 e. The van der Waals surface area contributed by atoms with Crippen molar-refractivity contribution in [3.63, 3.8) is 0 Å². The Bertz CT molecular complexity index is 640. The van der Waals surface area contributed by atoms with Gasteiger partial charge in [0.05, 0.1) is 5.69 Å². The molecule has 0 aliphatic rings. The van der Waals surface area contributed by atoms with Crippen LogP contribution in [0.5, 0.6) is 5.75 Å². The van der Waals surface area contributed by atoms with Gasteiger partial charge in [-0.05, 0) is 30.1 Å². The highest BCUT2D eigenvalue weighted by Gasteiger charge is 2.31. The average molecular weight is 316 g/mol. The van der Waals surface area contributed by atoms with Crippen molar-refractivity contribution < 1.29 is 22.7 Å². The topological polar surface area (TPSA) is 52.1 Å². The fourth-order valence-electron chi connectivity index (χ4n) is 1.75. The van der Waals surface area contributed by atoms with E-state index in [0.29, 0.717) is 17.0 Å². The zero-order chi connectivity index (χ0) is 15.5. The van der Waals surface area contributed by atoms with Gasteiger partial charge in [0.2, 0.25) is 5.78 Å². The Morgan fingerprint density at radius 3 is 2.81 bits per heavy atom. The molecule has 0 aliphatic carbocycles. The minimum absolute atomic E-state index is 0.111. The smallest absolute Gasteiger partial charge is 0.406 e. The van der Waals surface area contributed by atoms with Crippen LogP contribution in [0.15, 0.2) is 24.3 Å². The van der Waals surface area contributed by atoms with Gasteiger partial charge in [0, 0.05) is 5.56 Å². The Morgan fingerprint density at radius 1 is 1.38 bits per heavy atom. The third kappa shape index (κ3) is 4.01. The van der Waals surface area contributed by atoms with Crippen LogP contribution in [-0.2, 0) is 6.42 Å². The predicted molar refractivity (Wildman–Crippen MR) is 70.5 cm³/mol. The molecule has 2 aromatic rings. The maximum atomic E-state index is 12.3. The van der Waals surface area contributed by atoms with Crippen LogP contribution in [0.2, 0.25) is 0 Å². The minimum Gasteiger partial charge on any atom is -0.406 e. The molecule has 0 saturated carbocycles. The zero-order valence-corrected chi connectivity index (χ0v) is 11.8. The van der Waals surface area contributed by atoms with E-state index >= 15 is 0 Å². The van der Waals surface area contributed by atoms with Gasteiger partial charge in [0.15, 0.2) is 0 Å². The number of carbonyl (C=O) groups excluding carboxylic acids is 1. The molecule has 0 atom stereocenters. The van der Waals surface area contributed by atoms with Gasteiger partial charge in [-0.3, -0.25) is 4.79 Å². The van der Waals surface area contributed by atoms with E-state index in [2.05, 4.69) is 14.3 Å². The number of hydrogen-bond acceptors (Lipinski definition) is 5. The summed E-state index contributed by atoms with van der Waals surface area (Å²) in [6, 6.07) is 4.97. The first-order valence-corrected chi connectivity index (χ1v) is 6.90. The quantitative estimate of drug-likeness (QED) is 0.791. The van der Waals surface area contributed by atoms with Crippen molar-refractivity contribution in [3.8, 4) is 5.75 Å². The number of ether oxygens (including phenoxy) is 1. The van der Waals surface area contributed by atoms with Gasteiger partial charge >= 0.3 is 6.36 Å². The molecule has 0 fully saturated rings. The number of benzene rings is 1. The lowest BCUT2D eigenvalue weighted by Crippen LogP contribution is -2.17. The van der Waals surface area contributed by atoms with E-state index in [1.54, 1.807) is 0 Å². The maximum absolute atomic E-state index is 12.3. The van der Waals surface area contributed by atoms with Gasteiger partial charge in [0.25, 0.3) is 0 Å². The first kappa shape index (κ1) is 15.4. The van der Waals surface area contributed by atoms with Crippen molar-refractivity contribution in [1.29, 1.82) is 0 Å². The van der Waals surface area contributed by atoms with Crippen molar-refractivity contribution in [3.05, 3.63) is 40.4 Å². The second kappa shape index (κ2) is 6.21. The summed E-state index contributed by atoms with van der Waals surface area (Å²) in [6.07, 6.45) is -3.40. The molecule has 0 aliphatic heterocycles. The molecule has 0 saturated heterocycles. The monoisotopic (exact) mass is 316 g/mol. The molecule has 8 heteroatoms. The number of alkyl halides is 3. The van der Waals surface area contributed by atoms with E-state index < -0.39 is 17.9 Å². The highest BCUT2D eigenvalue weighted by Crippen LogP contribution is 2.25. The molecule has 0 bridgehead atoms. The molecule has 0 N–H and O–H groups in total. The van der Waals surface area contributed by atoms with Crippen LogP contribution in [0.1, 0.15) is 34.3 Å². The number of rotatable bonds is 5. The van der Waals surface area contributed by atoms with Crippen LogP contribution in [0.25, 0.3) is 0 Å². The minimum atomic E-state index is -4.79. The van der Waals surface area contributed by atoms with E-state index in [-0.39, 0.29) is 5.56 Å².